The number of nitrogens with zero attached hydrogens (tertiary/aromatic N) is 3. The van der Waals surface area contributed by atoms with Crippen molar-refractivity contribution in [1.82, 2.24) is 14.8 Å². The molecule has 4 heteroatoms. The molecular formula is C16H24N4. The van der Waals surface area contributed by atoms with E-state index in [1.54, 1.807) is 6.33 Å². The molecule has 0 aliphatic carbocycles. The van der Waals surface area contributed by atoms with Crippen LogP contribution in [0.25, 0.3) is 0 Å². The lowest BCUT2D eigenvalue weighted by Crippen LogP contribution is -2.37. The second kappa shape index (κ2) is 5.37. The average molecular weight is 272 g/mol. The van der Waals surface area contributed by atoms with E-state index in [4.69, 9.17) is 5.73 Å². The molecule has 1 unspecified atom stereocenters. The molecule has 1 aromatic heterocycles. The van der Waals surface area contributed by atoms with Gasteiger partial charge in [-0.1, -0.05) is 23.8 Å². The summed E-state index contributed by atoms with van der Waals surface area (Å²) in [6.45, 7) is 10.5. The topological polar surface area (TPSA) is 56.7 Å². The minimum atomic E-state index is -0.449. The van der Waals surface area contributed by atoms with Crippen LogP contribution in [0.3, 0.4) is 0 Å². The van der Waals surface area contributed by atoms with E-state index in [1.807, 2.05) is 4.68 Å². The largest absolute Gasteiger partial charge is 0.321 e. The number of aromatic nitrogens is 3. The number of aryl methyl sites for hydroxylation is 2. The zero-order chi connectivity index (χ0) is 14.9. The van der Waals surface area contributed by atoms with E-state index in [2.05, 4.69) is 62.9 Å². The average Bonchev–Trinajstić information content (AvgIpc) is 2.79. The van der Waals surface area contributed by atoms with E-state index in [1.165, 1.54) is 16.7 Å². The maximum Gasteiger partial charge on any atom is 0.138 e. The molecule has 0 fully saturated rings. The molecule has 1 atom stereocenters. The van der Waals surface area contributed by atoms with Crippen LogP contribution >= 0.6 is 0 Å². The Kier molecular flexibility index (Phi) is 3.95. The Bertz CT molecular complexity index is 596. The van der Waals surface area contributed by atoms with Crippen LogP contribution in [0.5, 0.6) is 0 Å². The van der Waals surface area contributed by atoms with Crippen molar-refractivity contribution in [3.8, 4) is 0 Å². The molecule has 0 aliphatic rings. The van der Waals surface area contributed by atoms with Gasteiger partial charge < -0.3 is 5.73 Å². The van der Waals surface area contributed by atoms with E-state index in [-0.39, 0.29) is 0 Å². The first-order chi connectivity index (χ1) is 9.31. The Labute approximate surface area is 121 Å². The molecule has 0 radical (unpaired) electrons. The lowest BCUT2D eigenvalue weighted by Gasteiger charge is -2.27. The van der Waals surface area contributed by atoms with Crippen molar-refractivity contribution in [3.63, 3.8) is 0 Å². The maximum absolute atomic E-state index is 6.59. The number of nitrogens with two attached hydrogens (primary N) is 1. The summed E-state index contributed by atoms with van der Waals surface area (Å²) >= 11 is 0. The number of benzene rings is 1. The quantitative estimate of drug-likeness (QED) is 0.931. The molecule has 1 heterocycles. The molecule has 4 nitrogen and oxygen atoms in total. The Balaban J connectivity index is 2.35. The molecule has 0 amide bonds. The van der Waals surface area contributed by atoms with Crippen molar-refractivity contribution in [2.75, 3.05) is 0 Å². The number of hydrogen-bond donors (Lipinski definition) is 1. The molecule has 0 saturated heterocycles. The first-order valence-electron chi connectivity index (χ1n) is 7.06. The Hall–Kier alpha value is -1.68. The van der Waals surface area contributed by atoms with Crippen molar-refractivity contribution in [2.45, 2.75) is 52.6 Å². The van der Waals surface area contributed by atoms with Crippen LogP contribution < -0.4 is 5.73 Å². The van der Waals surface area contributed by atoms with Gasteiger partial charge in [-0.2, -0.15) is 5.10 Å². The summed E-state index contributed by atoms with van der Waals surface area (Å²) in [7, 11) is 0. The highest BCUT2D eigenvalue weighted by Crippen LogP contribution is 2.26. The molecule has 108 valence electrons. The Morgan fingerprint density at radius 3 is 2.65 bits per heavy atom. The van der Waals surface area contributed by atoms with E-state index < -0.39 is 5.54 Å². The van der Waals surface area contributed by atoms with Crippen molar-refractivity contribution in [2.24, 2.45) is 5.73 Å². The Morgan fingerprint density at radius 2 is 2.00 bits per heavy atom. The molecule has 2 rings (SSSR count). The minimum Gasteiger partial charge on any atom is -0.321 e. The highest BCUT2D eigenvalue weighted by atomic mass is 15.3. The molecule has 20 heavy (non-hydrogen) atoms. The minimum absolute atomic E-state index is 0.293. The van der Waals surface area contributed by atoms with Gasteiger partial charge in [0.1, 0.15) is 12.2 Å². The van der Waals surface area contributed by atoms with E-state index in [9.17, 15) is 0 Å². The summed E-state index contributed by atoms with van der Waals surface area (Å²) in [4.78, 5) is 4.37. The molecule has 2 N–H and O–H groups in total. The van der Waals surface area contributed by atoms with Crippen LogP contribution in [-0.4, -0.2) is 14.8 Å². The number of hydrogen-bond acceptors (Lipinski definition) is 3. The van der Waals surface area contributed by atoms with Gasteiger partial charge in [-0.15, -0.1) is 0 Å². The van der Waals surface area contributed by atoms with Gasteiger partial charge in [0.25, 0.3) is 0 Å². The Morgan fingerprint density at radius 1 is 1.30 bits per heavy atom. The third kappa shape index (κ3) is 2.90. The van der Waals surface area contributed by atoms with Crippen LogP contribution in [0.1, 0.15) is 49.3 Å². The first kappa shape index (κ1) is 14.7. The summed E-state index contributed by atoms with van der Waals surface area (Å²) in [5.74, 6) is 0.936. The zero-order valence-electron chi connectivity index (χ0n) is 13.0. The standard InChI is InChI=1S/C16H24N4/c1-11(2)20-15(18-10-19-20)9-16(5,17)14-8-12(3)6-7-13(14)4/h6-8,10-11H,9,17H2,1-5H3. The summed E-state index contributed by atoms with van der Waals surface area (Å²) in [6, 6.07) is 6.71. The summed E-state index contributed by atoms with van der Waals surface area (Å²) < 4.78 is 1.94. The molecule has 0 spiro atoms. The van der Waals surface area contributed by atoms with Gasteiger partial charge >= 0.3 is 0 Å². The molecule has 0 bridgehead atoms. The fourth-order valence-electron chi connectivity index (χ4n) is 2.61. The van der Waals surface area contributed by atoms with Crippen molar-refractivity contribution < 1.29 is 0 Å². The van der Waals surface area contributed by atoms with Crippen LogP contribution in [0.2, 0.25) is 0 Å². The predicted molar refractivity (Wildman–Crippen MR) is 81.6 cm³/mol. The molecule has 2 aromatic rings. The molecule has 1 aromatic carbocycles. The predicted octanol–water partition coefficient (Wildman–Crippen LogP) is 2.89. The van der Waals surface area contributed by atoms with Crippen molar-refractivity contribution >= 4 is 0 Å². The lowest BCUT2D eigenvalue weighted by atomic mass is 9.85. The van der Waals surface area contributed by atoms with Gasteiger partial charge in [-0.05, 0) is 45.7 Å². The van der Waals surface area contributed by atoms with E-state index >= 15 is 0 Å². The fourth-order valence-corrected chi connectivity index (χ4v) is 2.61. The van der Waals surface area contributed by atoms with Gasteiger partial charge in [-0.3, -0.25) is 0 Å². The summed E-state index contributed by atoms with van der Waals surface area (Å²) in [6.07, 6.45) is 2.28. The molecule has 0 saturated carbocycles. The van der Waals surface area contributed by atoms with E-state index in [0.717, 1.165) is 5.82 Å². The number of rotatable bonds is 4. The van der Waals surface area contributed by atoms with Crippen LogP contribution in [-0.2, 0) is 12.0 Å². The van der Waals surface area contributed by atoms with Gasteiger partial charge in [0.15, 0.2) is 0 Å². The lowest BCUT2D eigenvalue weighted by molar-refractivity contribution is 0.432. The SMILES string of the molecule is Cc1ccc(C)c(C(C)(N)Cc2ncnn2C(C)C)c1. The van der Waals surface area contributed by atoms with Gasteiger partial charge in [0.2, 0.25) is 0 Å². The highest BCUT2D eigenvalue weighted by molar-refractivity contribution is 5.36. The zero-order valence-corrected chi connectivity index (χ0v) is 13.0. The second-order valence-electron chi connectivity index (χ2n) is 6.13. The van der Waals surface area contributed by atoms with Gasteiger partial charge in [0.05, 0.1) is 0 Å². The molecule has 0 aliphatic heterocycles. The monoisotopic (exact) mass is 272 g/mol. The molecular weight excluding hydrogens is 248 g/mol. The van der Waals surface area contributed by atoms with Crippen LogP contribution in [0.15, 0.2) is 24.5 Å². The van der Waals surface area contributed by atoms with Crippen molar-refractivity contribution in [3.05, 3.63) is 47.0 Å². The van der Waals surface area contributed by atoms with E-state index in [0.29, 0.717) is 12.5 Å². The van der Waals surface area contributed by atoms with Gasteiger partial charge in [-0.25, -0.2) is 9.67 Å². The fraction of sp³-hybridized carbons (Fsp3) is 0.500. The van der Waals surface area contributed by atoms with Crippen LogP contribution in [0, 0.1) is 13.8 Å². The maximum atomic E-state index is 6.59. The smallest absolute Gasteiger partial charge is 0.138 e. The normalized spacial score (nSPS) is 14.6. The van der Waals surface area contributed by atoms with Crippen molar-refractivity contribution in [1.29, 1.82) is 0 Å². The first-order valence-corrected chi connectivity index (χ1v) is 7.06. The van der Waals surface area contributed by atoms with Crippen LogP contribution in [0.4, 0.5) is 0 Å². The summed E-state index contributed by atoms with van der Waals surface area (Å²) in [5.41, 5.74) is 9.76. The second-order valence-corrected chi connectivity index (χ2v) is 6.13. The highest BCUT2D eigenvalue weighted by Gasteiger charge is 2.26. The summed E-state index contributed by atoms with van der Waals surface area (Å²) in [5, 5.41) is 4.28. The third-order valence-corrected chi connectivity index (χ3v) is 3.67. The third-order valence-electron chi connectivity index (χ3n) is 3.67. The van der Waals surface area contributed by atoms with Gasteiger partial charge in [0, 0.05) is 18.0 Å².